The number of para-hydroxylation sites is 2. The fourth-order valence-electron chi connectivity index (χ4n) is 2.95. The second kappa shape index (κ2) is 6.17. The second-order valence-electron chi connectivity index (χ2n) is 5.93. The predicted octanol–water partition coefficient (Wildman–Crippen LogP) is 2.96. The number of amides is 2. The highest BCUT2D eigenvalue weighted by atomic mass is 16.2. The molecule has 24 heavy (non-hydrogen) atoms. The molecular formula is C19H17N3O2. The third kappa shape index (κ3) is 2.63. The predicted molar refractivity (Wildman–Crippen MR) is 91.9 cm³/mol. The summed E-state index contributed by atoms with van der Waals surface area (Å²) < 4.78 is 0. The SMILES string of the molecule is CC(C)N1C(=O)CN(C(=O)c2cccc(C#N)c2)c2ccccc21. The van der Waals surface area contributed by atoms with Crippen LogP contribution < -0.4 is 9.80 Å². The first-order valence-corrected chi connectivity index (χ1v) is 7.76. The summed E-state index contributed by atoms with van der Waals surface area (Å²) in [4.78, 5) is 28.6. The van der Waals surface area contributed by atoms with Gasteiger partial charge in [0.15, 0.2) is 0 Å². The fraction of sp³-hybridized carbons (Fsp3) is 0.211. The normalized spacial score (nSPS) is 13.7. The van der Waals surface area contributed by atoms with Crippen molar-refractivity contribution in [2.24, 2.45) is 0 Å². The lowest BCUT2D eigenvalue weighted by Crippen LogP contribution is -2.50. The lowest BCUT2D eigenvalue weighted by molar-refractivity contribution is -0.117. The average Bonchev–Trinajstić information content (AvgIpc) is 2.60. The maximum Gasteiger partial charge on any atom is 0.258 e. The molecule has 3 rings (SSSR count). The summed E-state index contributed by atoms with van der Waals surface area (Å²) >= 11 is 0. The molecule has 0 aliphatic carbocycles. The van der Waals surface area contributed by atoms with E-state index in [2.05, 4.69) is 0 Å². The number of hydrogen-bond donors (Lipinski definition) is 0. The van der Waals surface area contributed by atoms with Crippen LogP contribution in [-0.2, 0) is 4.79 Å². The third-order valence-corrected chi connectivity index (χ3v) is 3.99. The molecule has 0 unspecified atom stereocenters. The Bertz CT molecular complexity index is 852. The van der Waals surface area contributed by atoms with Crippen molar-refractivity contribution in [1.82, 2.24) is 0 Å². The summed E-state index contributed by atoms with van der Waals surface area (Å²) in [6, 6.07) is 15.9. The smallest absolute Gasteiger partial charge is 0.258 e. The van der Waals surface area contributed by atoms with Gasteiger partial charge in [-0.1, -0.05) is 18.2 Å². The molecule has 5 nitrogen and oxygen atoms in total. The van der Waals surface area contributed by atoms with E-state index >= 15 is 0 Å². The maximum absolute atomic E-state index is 12.9. The van der Waals surface area contributed by atoms with Crippen molar-refractivity contribution in [3.63, 3.8) is 0 Å². The van der Waals surface area contributed by atoms with E-state index in [1.54, 1.807) is 29.2 Å². The first kappa shape index (κ1) is 15.8. The molecule has 0 aromatic heterocycles. The van der Waals surface area contributed by atoms with Gasteiger partial charge in [-0.3, -0.25) is 14.5 Å². The van der Waals surface area contributed by atoms with E-state index in [1.807, 2.05) is 44.2 Å². The van der Waals surface area contributed by atoms with Crippen molar-refractivity contribution in [3.8, 4) is 6.07 Å². The summed E-state index contributed by atoms with van der Waals surface area (Å²) in [6.45, 7) is 3.88. The van der Waals surface area contributed by atoms with E-state index in [-0.39, 0.29) is 24.4 Å². The van der Waals surface area contributed by atoms with Gasteiger partial charge in [-0.05, 0) is 44.2 Å². The molecule has 1 aliphatic rings. The van der Waals surface area contributed by atoms with Crippen molar-refractivity contribution in [2.45, 2.75) is 19.9 Å². The van der Waals surface area contributed by atoms with Crippen LogP contribution in [-0.4, -0.2) is 24.4 Å². The van der Waals surface area contributed by atoms with Crippen LogP contribution in [0.1, 0.15) is 29.8 Å². The van der Waals surface area contributed by atoms with Crippen LogP contribution >= 0.6 is 0 Å². The summed E-state index contributed by atoms with van der Waals surface area (Å²) in [5.41, 5.74) is 2.25. The van der Waals surface area contributed by atoms with Crippen molar-refractivity contribution >= 4 is 23.2 Å². The molecule has 1 heterocycles. The molecule has 0 saturated carbocycles. The Kier molecular flexibility index (Phi) is 4.05. The van der Waals surface area contributed by atoms with E-state index in [0.29, 0.717) is 16.8 Å². The maximum atomic E-state index is 12.9. The topological polar surface area (TPSA) is 64.4 Å². The molecule has 1 aliphatic heterocycles. The first-order chi connectivity index (χ1) is 11.5. The molecule has 2 amide bonds. The number of nitriles is 1. The third-order valence-electron chi connectivity index (χ3n) is 3.99. The molecule has 0 spiro atoms. The first-order valence-electron chi connectivity index (χ1n) is 7.76. The molecule has 0 radical (unpaired) electrons. The largest absolute Gasteiger partial charge is 0.306 e. The zero-order valence-electron chi connectivity index (χ0n) is 13.6. The van der Waals surface area contributed by atoms with Crippen LogP contribution in [0.15, 0.2) is 48.5 Å². The Balaban J connectivity index is 2.05. The highest BCUT2D eigenvalue weighted by Gasteiger charge is 2.33. The van der Waals surface area contributed by atoms with Crippen molar-refractivity contribution < 1.29 is 9.59 Å². The Labute approximate surface area is 140 Å². The quantitative estimate of drug-likeness (QED) is 0.855. The van der Waals surface area contributed by atoms with E-state index in [9.17, 15) is 9.59 Å². The van der Waals surface area contributed by atoms with Gasteiger partial charge in [0, 0.05) is 11.6 Å². The molecule has 0 fully saturated rings. The highest BCUT2D eigenvalue weighted by molar-refractivity contribution is 6.16. The molecule has 0 saturated heterocycles. The number of fused-ring (bicyclic) bond motifs is 1. The number of hydrogen-bond acceptors (Lipinski definition) is 3. The Morgan fingerprint density at radius 1 is 1.12 bits per heavy atom. The standard InChI is InChI=1S/C19H17N3O2/c1-13(2)22-17-9-4-3-8-16(17)21(12-18(22)23)19(24)15-7-5-6-14(10-15)11-20/h3-10,13H,12H2,1-2H3. The van der Waals surface area contributed by atoms with Gasteiger partial charge in [-0.15, -0.1) is 0 Å². The molecule has 5 heteroatoms. The van der Waals surface area contributed by atoms with Gasteiger partial charge in [0.1, 0.15) is 6.54 Å². The Morgan fingerprint density at radius 3 is 2.50 bits per heavy atom. The Morgan fingerprint density at radius 2 is 1.83 bits per heavy atom. The van der Waals surface area contributed by atoms with Crippen LogP contribution in [0.2, 0.25) is 0 Å². The molecule has 2 aromatic carbocycles. The van der Waals surface area contributed by atoms with Gasteiger partial charge in [0.05, 0.1) is 23.0 Å². The van der Waals surface area contributed by atoms with Crippen molar-refractivity contribution in [2.75, 3.05) is 16.3 Å². The van der Waals surface area contributed by atoms with Gasteiger partial charge in [0.2, 0.25) is 5.91 Å². The molecule has 0 bridgehead atoms. The number of carbonyl (C=O) groups is 2. The van der Waals surface area contributed by atoms with Crippen LogP contribution in [0.5, 0.6) is 0 Å². The summed E-state index contributed by atoms with van der Waals surface area (Å²) in [5, 5.41) is 9.01. The van der Waals surface area contributed by atoms with Crippen molar-refractivity contribution in [3.05, 3.63) is 59.7 Å². The van der Waals surface area contributed by atoms with Gasteiger partial charge in [-0.2, -0.15) is 5.26 Å². The minimum atomic E-state index is -0.281. The minimum absolute atomic E-state index is 0.00912. The number of carbonyl (C=O) groups excluding carboxylic acids is 2. The minimum Gasteiger partial charge on any atom is -0.306 e. The van der Waals surface area contributed by atoms with Gasteiger partial charge in [0.25, 0.3) is 5.91 Å². The van der Waals surface area contributed by atoms with Crippen LogP contribution in [0.25, 0.3) is 0 Å². The van der Waals surface area contributed by atoms with Crippen LogP contribution in [0, 0.1) is 11.3 Å². The van der Waals surface area contributed by atoms with Crippen LogP contribution in [0.4, 0.5) is 11.4 Å². The Hall–Kier alpha value is -3.13. The fourth-order valence-corrected chi connectivity index (χ4v) is 2.95. The van der Waals surface area contributed by atoms with E-state index < -0.39 is 0 Å². The zero-order valence-corrected chi connectivity index (χ0v) is 13.6. The number of rotatable bonds is 2. The lowest BCUT2D eigenvalue weighted by Gasteiger charge is -2.38. The summed E-state index contributed by atoms with van der Waals surface area (Å²) in [7, 11) is 0. The zero-order chi connectivity index (χ0) is 17.3. The molecule has 120 valence electrons. The number of anilines is 2. The number of benzene rings is 2. The van der Waals surface area contributed by atoms with Gasteiger partial charge < -0.3 is 4.90 Å². The van der Waals surface area contributed by atoms with Crippen molar-refractivity contribution in [1.29, 1.82) is 5.26 Å². The average molecular weight is 319 g/mol. The summed E-state index contributed by atoms with van der Waals surface area (Å²) in [5.74, 6) is -0.398. The number of nitrogens with zero attached hydrogens (tertiary/aromatic N) is 3. The molecule has 0 atom stereocenters. The lowest BCUT2D eigenvalue weighted by atomic mass is 10.1. The molecular weight excluding hydrogens is 302 g/mol. The van der Waals surface area contributed by atoms with E-state index in [1.165, 1.54) is 4.90 Å². The van der Waals surface area contributed by atoms with Gasteiger partial charge >= 0.3 is 0 Å². The second-order valence-corrected chi connectivity index (χ2v) is 5.93. The molecule has 0 N–H and O–H groups in total. The van der Waals surface area contributed by atoms with Gasteiger partial charge in [-0.25, -0.2) is 0 Å². The van der Waals surface area contributed by atoms with Crippen LogP contribution in [0.3, 0.4) is 0 Å². The van der Waals surface area contributed by atoms with E-state index in [4.69, 9.17) is 5.26 Å². The highest BCUT2D eigenvalue weighted by Crippen LogP contribution is 2.35. The summed E-state index contributed by atoms with van der Waals surface area (Å²) in [6.07, 6.45) is 0. The monoisotopic (exact) mass is 319 g/mol. The van der Waals surface area contributed by atoms with E-state index in [0.717, 1.165) is 5.69 Å². The molecule has 2 aromatic rings.